The molecule has 1 aliphatic carbocycles. The van der Waals surface area contributed by atoms with Crippen LogP contribution in [0.15, 0.2) is 358 Å². The van der Waals surface area contributed by atoms with Crippen LogP contribution in [-0.2, 0) is 0 Å². The second-order valence-corrected chi connectivity index (χ2v) is 32.1. The molecular weight excluding hydrogens is 1340 g/mol. The van der Waals surface area contributed by atoms with Gasteiger partial charge in [-0.1, -0.05) is 304 Å². The second kappa shape index (κ2) is 25.9. The fourth-order valence-electron chi connectivity index (χ4n) is 18.0. The van der Waals surface area contributed by atoms with Gasteiger partial charge < -0.3 is 9.47 Å². The first-order chi connectivity index (χ1) is 53.6. The summed E-state index contributed by atoms with van der Waals surface area (Å²) in [4.78, 5) is 34.9. The normalized spacial score (nSPS) is 14.3. The maximum atomic E-state index is 5.45. The Morgan fingerprint density at radius 1 is 0.250 bits per heavy atom. The highest BCUT2D eigenvalue weighted by Gasteiger charge is 2.43. The van der Waals surface area contributed by atoms with Crippen LogP contribution in [0.1, 0.15) is 37.2 Å². The molecule has 0 N–H and O–H groups in total. The van der Waals surface area contributed by atoms with Gasteiger partial charge in [0, 0.05) is 71.9 Å². The Morgan fingerprint density at radius 3 is 1.01 bits per heavy atom. The van der Waals surface area contributed by atoms with Crippen LogP contribution in [0.4, 0.5) is 11.6 Å². The molecule has 22 rings (SSSR count). The van der Waals surface area contributed by atoms with Crippen LogP contribution in [0.25, 0.3) is 134 Å². The summed E-state index contributed by atoms with van der Waals surface area (Å²) in [5, 5.41) is 14.6. The van der Waals surface area contributed by atoms with Gasteiger partial charge in [-0.3, -0.25) is 13.7 Å². The third kappa shape index (κ3) is 10.0. The Labute approximate surface area is 624 Å². The number of hydrogen-bond donors (Lipinski definition) is 0. The SMILES string of the molecule is c1ccc(-n2c3ccccc3c3ccccc32)c(-c2nc(N3c4ccccc4C4CCCCC43)nc(-n3c4ccccc4c4ccccc43)n2)c1.c1ccc([Si](c2ccccc2)(c2ccccc2)c2cccc(-c3nc(-n4c5ccccc5c5ccccc54)nc(-n4c5ccccc5c5ccccc54)n3)c2)cc1. The molecule has 0 amide bonds. The minimum absolute atomic E-state index is 0.310. The molecule has 0 bridgehead atoms. The smallest absolute Gasteiger partial charge is 0.240 e. The minimum atomic E-state index is -2.82. The fraction of sp³-hybridized carbons (Fsp3) is 0.0625. The molecule has 1 saturated carbocycles. The van der Waals surface area contributed by atoms with Crippen molar-refractivity contribution in [3.8, 4) is 46.3 Å². The lowest BCUT2D eigenvalue weighted by molar-refractivity contribution is 0.399. The number of aromatic nitrogens is 10. The molecule has 20 aromatic rings. The van der Waals surface area contributed by atoms with Crippen molar-refractivity contribution in [1.82, 2.24) is 48.2 Å². The summed E-state index contributed by atoms with van der Waals surface area (Å²) in [6.07, 6.45) is 4.76. The largest absolute Gasteiger partial charge is 0.309 e. The first-order valence-electron chi connectivity index (χ1n) is 37.3. The van der Waals surface area contributed by atoms with E-state index in [1.54, 1.807) is 0 Å². The maximum Gasteiger partial charge on any atom is 0.240 e. The molecule has 7 heterocycles. The molecule has 0 radical (unpaired) electrons. The van der Waals surface area contributed by atoms with Gasteiger partial charge in [-0.15, -0.1) is 0 Å². The summed E-state index contributed by atoms with van der Waals surface area (Å²) >= 11 is 0. The molecule has 2 atom stereocenters. The fourth-order valence-corrected chi connectivity index (χ4v) is 22.8. The van der Waals surface area contributed by atoms with Crippen molar-refractivity contribution in [2.75, 3.05) is 4.90 Å². The molecule has 11 nitrogen and oxygen atoms in total. The lowest BCUT2D eigenvalue weighted by Gasteiger charge is -2.34. The van der Waals surface area contributed by atoms with E-state index in [0.29, 0.717) is 47.4 Å². The second-order valence-electron chi connectivity index (χ2n) is 28.3. The zero-order chi connectivity index (χ0) is 71.2. The molecule has 2 aliphatic rings. The Hall–Kier alpha value is -13.7. The van der Waals surface area contributed by atoms with E-state index in [0.717, 1.165) is 88.9 Å². The van der Waals surface area contributed by atoms with Crippen LogP contribution in [0.2, 0.25) is 0 Å². The Bertz CT molecular complexity index is 6440. The molecule has 1 aliphatic heterocycles. The number of hydrogen-bond acceptors (Lipinski definition) is 7. The predicted molar refractivity (Wildman–Crippen MR) is 445 cm³/mol. The molecule has 14 aromatic carbocycles. The third-order valence-electron chi connectivity index (χ3n) is 22.6. The highest BCUT2D eigenvalue weighted by atomic mass is 28.3. The summed E-state index contributed by atoms with van der Waals surface area (Å²) in [6.45, 7) is 0. The molecule has 108 heavy (non-hydrogen) atoms. The average molecular weight is 1400 g/mol. The van der Waals surface area contributed by atoms with Crippen molar-refractivity contribution in [2.24, 2.45) is 0 Å². The molecule has 12 heteroatoms. The summed E-state index contributed by atoms with van der Waals surface area (Å²) in [6, 6.07) is 128. The van der Waals surface area contributed by atoms with E-state index in [1.165, 1.54) is 72.8 Å². The van der Waals surface area contributed by atoms with Crippen LogP contribution in [-0.4, -0.2) is 62.3 Å². The lowest BCUT2D eigenvalue weighted by Crippen LogP contribution is -2.74. The molecular formula is C96H69N11Si. The standard InChI is InChI=1S/C51H35N5Si.C45H34N6/c1-4-20-37(21-5-1)57(38-22-6-2-7-23-38,39-24-8-3-9-25-39)40-26-18-19-36(35-40)49-52-50(55-45-31-14-10-27-41(45)42-28-11-15-32-46(42)55)54-51(53-49)56-47-33-16-12-29-43(47)44-30-13-17-34-48(44)56;1-8-22-36-29(15-1)30-16-2-9-23-37(30)49(36)42-28-14-7-21-35(42)43-46-44(50-38-24-10-3-17-31(38)32-18-4-11-25-39(32)50)48-45(47-43)51-40-26-12-5-19-33(40)34-20-6-13-27-41(34)51/h1-35H;1-5,7-12,14-19,21-26,28,34,41H,6,13,20,27H2. The number of benzene rings is 14. The number of nitrogens with zero attached hydrogens (tertiary/aromatic N) is 11. The van der Waals surface area contributed by atoms with Crippen LogP contribution in [0.3, 0.4) is 0 Å². The summed E-state index contributed by atoms with van der Waals surface area (Å²) in [5.74, 6) is 4.20. The van der Waals surface area contributed by atoms with Crippen molar-refractivity contribution < 1.29 is 0 Å². The minimum Gasteiger partial charge on any atom is -0.309 e. The monoisotopic (exact) mass is 1400 g/mol. The van der Waals surface area contributed by atoms with Gasteiger partial charge in [-0.2, -0.15) is 29.9 Å². The Morgan fingerprint density at radius 2 is 0.574 bits per heavy atom. The van der Waals surface area contributed by atoms with Crippen molar-refractivity contribution in [1.29, 1.82) is 0 Å². The third-order valence-corrected chi connectivity index (χ3v) is 27.4. The topological polar surface area (TPSA) is 100 Å². The predicted octanol–water partition coefficient (Wildman–Crippen LogP) is 20.0. The van der Waals surface area contributed by atoms with E-state index in [9.17, 15) is 0 Å². The van der Waals surface area contributed by atoms with Crippen molar-refractivity contribution >= 4 is 128 Å². The van der Waals surface area contributed by atoms with Crippen molar-refractivity contribution in [3.05, 3.63) is 363 Å². The van der Waals surface area contributed by atoms with E-state index in [4.69, 9.17) is 29.9 Å². The van der Waals surface area contributed by atoms with Gasteiger partial charge >= 0.3 is 0 Å². The molecule has 1 fully saturated rings. The number of fused-ring (bicyclic) bond motifs is 15. The first-order valence-corrected chi connectivity index (χ1v) is 39.3. The molecule has 0 saturated heterocycles. The maximum absolute atomic E-state index is 5.45. The van der Waals surface area contributed by atoms with Gasteiger partial charge in [0.15, 0.2) is 19.7 Å². The van der Waals surface area contributed by atoms with E-state index >= 15 is 0 Å². The molecule has 512 valence electrons. The molecule has 0 spiro atoms. The first kappa shape index (κ1) is 62.8. The van der Waals surface area contributed by atoms with E-state index < -0.39 is 8.07 Å². The average Bonchev–Trinajstić information content (AvgIpc) is 1.20. The zero-order valence-corrected chi connectivity index (χ0v) is 60.0. The van der Waals surface area contributed by atoms with E-state index in [1.807, 2.05) is 0 Å². The van der Waals surface area contributed by atoms with Gasteiger partial charge in [0.2, 0.25) is 23.8 Å². The van der Waals surface area contributed by atoms with Gasteiger partial charge in [-0.25, -0.2) is 0 Å². The molecule has 6 aromatic heterocycles. The van der Waals surface area contributed by atoms with Crippen molar-refractivity contribution in [2.45, 2.75) is 37.6 Å². The number of para-hydroxylation sites is 10. The summed E-state index contributed by atoms with van der Waals surface area (Å²) in [7, 11) is -2.82. The lowest BCUT2D eigenvalue weighted by atomic mass is 9.82. The van der Waals surface area contributed by atoms with Crippen LogP contribution in [0.5, 0.6) is 0 Å². The highest BCUT2D eigenvalue weighted by molar-refractivity contribution is 7.20. The number of rotatable bonds is 11. The number of anilines is 2. The van der Waals surface area contributed by atoms with E-state index in [-0.39, 0.29) is 0 Å². The zero-order valence-electron chi connectivity index (χ0n) is 59.0. The summed E-state index contributed by atoms with van der Waals surface area (Å²) < 4.78 is 8.97. The Balaban J connectivity index is 0.000000139. The van der Waals surface area contributed by atoms with Gasteiger partial charge in [0.05, 0.1) is 49.8 Å². The van der Waals surface area contributed by atoms with Crippen LogP contribution >= 0.6 is 0 Å². The van der Waals surface area contributed by atoms with Crippen molar-refractivity contribution in [3.63, 3.8) is 0 Å². The van der Waals surface area contributed by atoms with Crippen LogP contribution in [0, 0.1) is 0 Å². The van der Waals surface area contributed by atoms with Gasteiger partial charge in [0.1, 0.15) is 0 Å². The quantitative estimate of drug-likeness (QED) is 0.0939. The molecule has 2 unspecified atom stereocenters. The van der Waals surface area contributed by atoms with Gasteiger partial charge in [0.25, 0.3) is 0 Å². The summed E-state index contributed by atoms with van der Waals surface area (Å²) in [5.41, 5.74) is 14.2. The van der Waals surface area contributed by atoms with Gasteiger partial charge in [-0.05, 0) is 106 Å². The van der Waals surface area contributed by atoms with Crippen LogP contribution < -0.4 is 25.6 Å². The van der Waals surface area contributed by atoms with E-state index in [2.05, 4.69) is 381 Å². The Kier molecular flexibility index (Phi) is 15.1. The highest BCUT2D eigenvalue weighted by Crippen LogP contribution is 2.51.